The van der Waals surface area contributed by atoms with Crippen LogP contribution < -0.4 is 16.8 Å². The van der Waals surface area contributed by atoms with Crippen molar-refractivity contribution in [3.8, 4) is 0 Å². The van der Waals surface area contributed by atoms with E-state index in [2.05, 4.69) is 5.32 Å². The average Bonchev–Trinajstić information content (AvgIpc) is 2.58. The second kappa shape index (κ2) is 9.05. The molecule has 2 rings (SSSR count). The Labute approximate surface area is 141 Å². The van der Waals surface area contributed by atoms with E-state index >= 15 is 0 Å². The monoisotopic (exact) mass is 335 g/mol. The molecule has 126 valence electrons. The SMILES string of the molecule is NCCNC(=O)c1ccc(CSC(=O)[C@H]2CCC[C@@H](N)C2)cc1. The summed E-state index contributed by atoms with van der Waals surface area (Å²) in [6.07, 6.45) is 3.85. The molecule has 2 atom stereocenters. The van der Waals surface area contributed by atoms with E-state index in [0.717, 1.165) is 31.2 Å². The van der Waals surface area contributed by atoms with Crippen molar-refractivity contribution in [2.24, 2.45) is 17.4 Å². The maximum absolute atomic E-state index is 12.2. The highest BCUT2D eigenvalue weighted by Gasteiger charge is 2.25. The van der Waals surface area contributed by atoms with Crippen molar-refractivity contribution >= 4 is 22.8 Å². The van der Waals surface area contributed by atoms with Gasteiger partial charge in [-0.25, -0.2) is 0 Å². The first-order valence-corrected chi connectivity index (χ1v) is 9.08. The number of thioether (sulfide) groups is 1. The third kappa shape index (κ3) is 5.64. The molecule has 1 aliphatic carbocycles. The Balaban J connectivity index is 1.81. The topological polar surface area (TPSA) is 98.2 Å². The van der Waals surface area contributed by atoms with E-state index in [1.54, 1.807) is 12.1 Å². The molecule has 1 saturated carbocycles. The molecule has 1 amide bonds. The van der Waals surface area contributed by atoms with E-state index in [4.69, 9.17) is 11.5 Å². The third-order valence-electron chi connectivity index (χ3n) is 4.08. The number of carbonyl (C=O) groups is 2. The van der Waals surface area contributed by atoms with Crippen LogP contribution in [0, 0.1) is 5.92 Å². The summed E-state index contributed by atoms with van der Waals surface area (Å²) in [6.45, 7) is 0.891. The zero-order valence-electron chi connectivity index (χ0n) is 13.3. The fourth-order valence-corrected chi connectivity index (χ4v) is 3.71. The Bertz CT molecular complexity index is 533. The molecular formula is C17H25N3O2S. The van der Waals surface area contributed by atoms with Gasteiger partial charge in [-0.1, -0.05) is 30.3 Å². The molecule has 1 aromatic rings. The molecular weight excluding hydrogens is 310 g/mol. The molecule has 1 aromatic carbocycles. The Morgan fingerprint density at radius 3 is 2.61 bits per heavy atom. The number of nitrogens with two attached hydrogens (primary N) is 2. The highest BCUT2D eigenvalue weighted by atomic mass is 32.2. The minimum absolute atomic E-state index is 0.102. The fraction of sp³-hybridized carbons (Fsp3) is 0.529. The van der Waals surface area contributed by atoms with Gasteiger partial charge in [0.1, 0.15) is 0 Å². The molecule has 0 bridgehead atoms. The average molecular weight is 335 g/mol. The Morgan fingerprint density at radius 1 is 1.22 bits per heavy atom. The van der Waals surface area contributed by atoms with Gasteiger partial charge in [-0.05, 0) is 37.0 Å². The maximum Gasteiger partial charge on any atom is 0.251 e. The van der Waals surface area contributed by atoms with E-state index in [-0.39, 0.29) is 23.0 Å². The normalized spacial score (nSPS) is 21.0. The Hall–Kier alpha value is -1.37. The molecule has 0 aliphatic heterocycles. The number of hydrogen-bond acceptors (Lipinski definition) is 5. The van der Waals surface area contributed by atoms with Crippen LogP contribution in [-0.4, -0.2) is 30.2 Å². The molecule has 0 radical (unpaired) electrons. The van der Waals surface area contributed by atoms with E-state index < -0.39 is 0 Å². The van der Waals surface area contributed by atoms with Gasteiger partial charge in [0.15, 0.2) is 5.12 Å². The first-order chi connectivity index (χ1) is 11.1. The third-order valence-corrected chi connectivity index (χ3v) is 5.17. The van der Waals surface area contributed by atoms with Crippen LogP contribution in [0.25, 0.3) is 0 Å². The summed E-state index contributed by atoms with van der Waals surface area (Å²) in [4.78, 5) is 24.0. The van der Waals surface area contributed by atoms with Crippen LogP contribution in [0.3, 0.4) is 0 Å². The van der Waals surface area contributed by atoms with E-state index in [0.29, 0.717) is 24.4 Å². The summed E-state index contributed by atoms with van der Waals surface area (Å²) in [7, 11) is 0. The first kappa shape index (κ1) is 18.0. The van der Waals surface area contributed by atoms with Crippen LogP contribution in [0.15, 0.2) is 24.3 Å². The quantitative estimate of drug-likeness (QED) is 0.734. The van der Waals surface area contributed by atoms with Crippen molar-refractivity contribution < 1.29 is 9.59 Å². The van der Waals surface area contributed by atoms with Crippen LogP contribution >= 0.6 is 11.8 Å². The Morgan fingerprint density at radius 2 is 1.96 bits per heavy atom. The van der Waals surface area contributed by atoms with Crippen LogP contribution in [-0.2, 0) is 10.5 Å². The largest absolute Gasteiger partial charge is 0.351 e. The second-order valence-corrected chi connectivity index (χ2v) is 6.95. The van der Waals surface area contributed by atoms with Gasteiger partial charge in [0, 0.05) is 36.4 Å². The van der Waals surface area contributed by atoms with Crippen molar-refractivity contribution in [2.75, 3.05) is 13.1 Å². The number of nitrogens with one attached hydrogen (secondary N) is 1. The molecule has 0 unspecified atom stereocenters. The zero-order valence-corrected chi connectivity index (χ0v) is 14.1. The molecule has 23 heavy (non-hydrogen) atoms. The summed E-state index contributed by atoms with van der Waals surface area (Å²) in [5.41, 5.74) is 13.0. The predicted octanol–water partition coefficient (Wildman–Crippen LogP) is 1.65. The van der Waals surface area contributed by atoms with Crippen LogP contribution in [0.4, 0.5) is 0 Å². The first-order valence-electron chi connectivity index (χ1n) is 8.09. The van der Waals surface area contributed by atoms with Gasteiger partial charge in [0.2, 0.25) is 0 Å². The lowest BCUT2D eigenvalue weighted by Crippen LogP contribution is -2.30. The number of amides is 1. The molecule has 0 saturated heterocycles. The number of carbonyl (C=O) groups excluding carboxylic acids is 2. The summed E-state index contributed by atoms with van der Waals surface area (Å²) in [5.74, 6) is 0.613. The lowest BCUT2D eigenvalue weighted by molar-refractivity contribution is -0.115. The van der Waals surface area contributed by atoms with Crippen molar-refractivity contribution in [3.63, 3.8) is 0 Å². The van der Waals surface area contributed by atoms with Crippen molar-refractivity contribution in [3.05, 3.63) is 35.4 Å². The number of hydrogen-bond donors (Lipinski definition) is 3. The predicted molar refractivity (Wildman–Crippen MR) is 94.1 cm³/mol. The molecule has 0 spiro atoms. The highest BCUT2D eigenvalue weighted by Crippen LogP contribution is 2.29. The lowest BCUT2D eigenvalue weighted by atomic mass is 9.87. The van der Waals surface area contributed by atoms with Gasteiger partial charge in [-0.15, -0.1) is 0 Å². The van der Waals surface area contributed by atoms with Crippen molar-refractivity contribution in [2.45, 2.75) is 37.5 Å². The Kier molecular flexibility index (Phi) is 7.08. The van der Waals surface area contributed by atoms with Gasteiger partial charge in [0.25, 0.3) is 5.91 Å². The molecule has 1 fully saturated rings. The smallest absolute Gasteiger partial charge is 0.251 e. The molecule has 0 aromatic heterocycles. The van der Waals surface area contributed by atoms with Gasteiger partial charge < -0.3 is 16.8 Å². The standard InChI is InChI=1S/C17H25N3O2S/c18-8-9-20-16(21)13-6-4-12(5-7-13)11-23-17(22)14-2-1-3-15(19)10-14/h4-7,14-15H,1-3,8-11,18-19H2,(H,20,21)/t14-,15+/m0/s1. The molecule has 5 nitrogen and oxygen atoms in total. The zero-order chi connectivity index (χ0) is 16.7. The van der Waals surface area contributed by atoms with Crippen molar-refractivity contribution in [1.29, 1.82) is 0 Å². The second-order valence-electron chi connectivity index (χ2n) is 5.97. The molecule has 0 heterocycles. The minimum Gasteiger partial charge on any atom is -0.351 e. The van der Waals surface area contributed by atoms with Gasteiger partial charge in [-0.3, -0.25) is 9.59 Å². The summed E-state index contributed by atoms with van der Waals surface area (Å²) in [5, 5.41) is 2.97. The highest BCUT2D eigenvalue weighted by molar-refractivity contribution is 8.13. The molecule has 5 N–H and O–H groups in total. The molecule has 1 aliphatic rings. The number of benzene rings is 1. The maximum atomic E-state index is 12.2. The van der Waals surface area contributed by atoms with Gasteiger partial charge in [-0.2, -0.15) is 0 Å². The lowest BCUT2D eigenvalue weighted by Gasteiger charge is -2.25. The minimum atomic E-state index is -0.123. The summed E-state index contributed by atoms with van der Waals surface area (Å²) in [6, 6.07) is 7.52. The van der Waals surface area contributed by atoms with Crippen LogP contribution in [0.2, 0.25) is 0 Å². The van der Waals surface area contributed by atoms with Crippen LogP contribution in [0.5, 0.6) is 0 Å². The van der Waals surface area contributed by atoms with E-state index in [1.807, 2.05) is 12.1 Å². The van der Waals surface area contributed by atoms with Crippen molar-refractivity contribution in [1.82, 2.24) is 5.32 Å². The van der Waals surface area contributed by atoms with Crippen LogP contribution in [0.1, 0.15) is 41.6 Å². The summed E-state index contributed by atoms with van der Waals surface area (Å²) >= 11 is 1.35. The summed E-state index contributed by atoms with van der Waals surface area (Å²) < 4.78 is 0. The van der Waals surface area contributed by atoms with E-state index in [9.17, 15) is 9.59 Å². The van der Waals surface area contributed by atoms with Gasteiger partial charge in [0.05, 0.1) is 0 Å². The molecule has 6 heteroatoms. The van der Waals surface area contributed by atoms with E-state index in [1.165, 1.54) is 11.8 Å². The number of rotatable bonds is 6. The van der Waals surface area contributed by atoms with Gasteiger partial charge >= 0.3 is 0 Å². The fourth-order valence-electron chi connectivity index (χ4n) is 2.75.